The zero-order chi connectivity index (χ0) is 6.95. The van der Waals surface area contributed by atoms with Gasteiger partial charge in [0, 0.05) is 13.2 Å². The molecule has 0 saturated heterocycles. The summed E-state index contributed by atoms with van der Waals surface area (Å²) in [7, 11) is 0. The third kappa shape index (κ3) is 7.66. The number of hydrogen-bond acceptors (Lipinski definition) is 2. The fourth-order valence-corrected chi connectivity index (χ4v) is 0.487. The van der Waals surface area contributed by atoms with E-state index in [-0.39, 0.29) is 0 Å². The number of allylic oxidation sites excluding steroid dienone is 1. The van der Waals surface area contributed by atoms with Crippen LogP contribution in [0.15, 0.2) is 12.2 Å². The van der Waals surface area contributed by atoms with Gasteiger partial charge in [-0.1, -0.05) is 19.1 Å². The van der Waals surface area contributed by atoms with Crippen LogP contribution in [0.3, 0.4) is 0 Å². The van der Waals surface area contributed by atoms with Gasteiger partial charge < -0.3 is 10.6 Å². The van der Waals surface area contributed by atoms with Crippen molar-refractivity contribution in [3.8, 4) is 0 Å². The third-order valence-electron chi connectivity index (χ3n) is 0.998. The van der Waals surface area contributed by atoms with Gasteiger partial charge in [0.1, 0.15) is 0 Å². The molecule has 9 heavy (non-hydrogen) atoms. The van der Waals surface area contributed by atoms with E-state index in [0.717, 1.165) is 19.8 Å². The molecule has 0 spiro atoms. The van der Waals surface area contributed by atoms with E-state index in [0.29, 0.717) is 0 Å². The number of nitrogens with one attached hydrogen (secondary N) is 2. The highest BCUT2D eigenvalue weighted by molar-refractivity contribution is 4.78. The van der Waals surface area contributed by atoms with Crippen molar-refractivity contribution >= 4 is 0 Å². The predicted molar refractivity (Wildman–Crippen MR) is 41.4 cm³/mol. The smallest absolute Gasteiger partial charge is 0.0456 e. The highest BCUT2D eigenvalue weighted by atomic mass is 15.0. The summed E-state index contributed by atoms with van der Waals surface area (Å²) in [4.78, 5) is 0. The van der Waals surface area contributed by atoms with Crippen molar-refractivity contribution in [1.82, 2.24) is 10.6 Å². The molecule has 0 unspecified atom stereocenters. The maximum Gasteiger partial charge on any atom is 0.0456 e. The normalized spacial score (nSPS) is 10.9. The van der Waals surface area contributed by atoms with Crippen LogP contribution < -0.4 is 10.6 Å². The van der Waals surface area contributed by atoms with Gasteiger partial charge >= 0.3 is 0 Å². The van der Waals surface area contributed by atoms with Gasteiger partial charge in [-0.3, -0.25) is 0 Å². The van der Waals surface area contributed by atoms with Crippen LogP contribution in [0.2, 0.25) is 0 Å². The molecule has 0 radical (unpaired) electrons. The molecule has 0 bridgehead atoms. The van der Waals surface area contributed by atoms with Gasteiger partial charge in [0.05, 0.1) is 0 Å². The van der Waals surface area contributed by atoms with Crippen molar-refractivity contribution in [2.45, 2.75) is 13.8 Å². The van der Waals surface area contributed by atoms with Crippen LogP contribution in [-0.4, -0.2) is 19.8 Å². The van der Waals surface area contributed by atoms with Crippen molar-refractivity contribution in [1.29, 1.82) is 0 Å². The lowest BCUT2D eigenvalue weighted by atomic mass is 10.5. The Labute approximate surface area is 57.3 Å². The molecular formula is C7H16N2. The van der Waals surface area contributed by atoms with Crippen LogP contribution in [0.25, 0.3) is 0 Å². The summed E-state index contributed by atoms with van der Waals surface area (Å²) < 4.78 is 0. The summed E-state index contributed by atoms with van der Waals surface area (Å²) in [6, 6.07) is 0. The van der Waals surface area contributed by atoms with Gasteiger partial charge in [0.2, 0.25) is 0 Å². The van der Waals surface area contributed by atoms with Crippen molar-refractivity contribution in [2.75, 3.05) is 19.8 Å². The van der Waals surface area contributed by atoms with Crippen LogP contribution in [0, 0.1) is 0 Å². The Morgan fingerprint density at radius 1 is 1.33 bits per heavy atom. The standard InChI is InChI=1S/C7H16N2/c1-3-5-6-9-7-8-4-2/h3,5,8-9H,4,6-7H2,1-2H3/b5-3-. The molecule has 0 aliphatic carbocycles. The lowest BCUT2D eigenvalue weighted by Crippen LogP contribution is -2.28. The van der Waals surface area contributed by atoms with E-state index in [2.05, 4.69) is 23.6 Å². The van der Waals surface area contributed by atoms with Gasteiger partial charge in [0.25, 0.3) is 0 Å². The monoisotopic (exact) mass is 128 g/mol. The maximum atomic E-state index is 3.19. The molecule has 0 aromatic carbocycles. The molecular weight excluding hydrogens is 112 g/mol. The van der Waals surface area contributed by atoms with Gasteiger partial charge in [-0.2, -0.15) is 0 Å². The highest BCUT2D eigenvalue weighted by Gasteiger charge is 1.76. The molecule has 0 aliphatic rings. The van der Waals surface area contributed by atoms with Gasteiger partial charge in [0.15, 0.2) is 0 Å². The lowest BCUT2D eigenvalue weighted by Gasteiger charge is -1.99. The van der Waals surface area contributed by atoms with Gasteiger partial charge in [-0.05, 0) is 13.5 Å². The summed E-state index contributed by atoms with van der Waals surface area (Å²) >= 11 is 0. The molecule has 2 nitrogen and oxygen atoms in total. The van der Waals surface area contributed by atoms with Crippen molar-refractivity contribution in [3.63, 3.8) is 0 Å². The molecule has 0 fully saturated rings. The summed E-state index contributed by atoms with van der Waals surface area (Å²) in [5.74, 6) is 0. The zero-order valence-corrected chi connectivity index (χ0v) is 6.28. The first-order valence-electron chi connectivity index (χ1n) is 3.44. The first-order chi connectivity index (χ1) is 4.41. The van der Waals surface area contributed by atoms with E-state index in [1.165, 1.54) is 0 Å². The van der Waals surface area contributed by atoms with Crippen LogP contribution in [-0.2, 0) is 0 Å². The molecule has 0 aromatic rings. The fraction of sp³-hybridized carbons (Fsp3) is 0.714. The van der Waals surface area contributed by atoms with Crippen LogP contribution in [0.1, 0.15) is 13.8 Å². The maximum absolute atomic E-state index is 3.19. The Kier molecular flexibility index (Phi) is 7.37. The summed E-state index contributed by atoms with van der Waals surface area (Å²) in [5.41, 5.74) is 0. The Morgan fingerprint density at radius 3 is 2.67 bits per heavy atom. The number of rotatable bonds is 5. The molecule has 2 heteroatoms. The Morgan fingerprint density at radius 2 is 2.11 bits per heavy atom. The van der Waals surface area contributed by atoms with Gasteiger partial charge in [-0.25, -0.2) is 0 Å². The second-order valence-electron chi connectivity index (χ2n) is 1.80. The molecule has 0 aromatic heterocycles. The molecule has 0 amide bonds. The second kappa shape index (κ2) is 7.66. The molecule has 0 heterocycles. The topological polar surface area (TPSA) is 24.1 Å². The van der Waals surface area contributed by atoms with E-state index in [1.807, 2.05) is 13.0 Å². The molecule has 0 atom stereocenters. The van der Waals surface area contributed by atoms with Crippen molar-refractivity contribution in [2.24, 2.45) is 0 Å². The largest absolute Gasteiger partial charge is 0.305 e. The fourth-order valence-electron chi connectivity index (χ4n) is 0.487. The molecule has 0 aliphatic heterocycles. The Balaban J connectivity index is 2.75. The van der Waals surface area contributed by atoms with Crippen molar-refractivity contribution in [3.05, 3.63) is 12.2 Å². The third-order valence-corrected chi connectivity index (χ3v) is 0.998. The molecule has 0 saturated carbocycles. The average molecular weight is 128 g/mol. The average Bonchev–Trinajstić information content (AvgIpc) is 1.89. The Hall–Kier alpha value is -0.340. The molecule has 2 N–H and O–H groups in total. The van der Waals surface area contributed by atoms with E-state index >= 15 is 0 Å². The first kappa shape index (κ1) is 8.66. The van der Waals surface area contributed by atoms with Crippen LogP contribution >= 0.6 is 0 Å². The SMILES string of the molecule is C/C=C\CNCNCC. The predicted octanol–water partition coefficient (Wildman–Crippen LogP) is 0.719. The zero-order valence-electron chi connectivity index (χ0n) is 6.28. The molecule has 54 valence electrons. The number of hydrogen-bond donors (Lipinski definition) is 2. The van der Waals surface area contributed by atoms with Gasteiger partial charge in [-0.15, -0.1) is 0 Å². The van der Waals surface area contributed by atoms with E-state index in [4.69, 9.17) is 0 Å². The van der Waals surface area contributed by atoms with Crippen LogP contribution in [0.5, 0.6) is 0 Å². The summed E-state index contributed by atoms with van der Waals surface area (Å²) in [6.45, 7) is 7.01. The summed E-state index contributed by atoms with van der Waals surface area (Å²) in [6.07, 6.45) is 4.14. The molecule has 0 rings (SSSR count). The first-order valence-corrected chi connectivity index (χ1v) is 3.44. The Bertz CT molecular complexity index is 69.3. The van der Waals surface area contributed by atoms with E-state index in [1.54, 1.807) is 0 Å². The second-order valence-corrected chi connectivity index (χ2v) is 1.80. The lowest BCUT2D eigenvalue weighted by molar-refractivity contribution is 0.631. The quantitative estimate of drug-likeness (QED) is 0.324. The minimum Gasteiger partial charge on any atom is -0.305 e. The summed E-state index contributed by atoms with van der Waals surface area (Å²) in [5, 5.41) is 6.35. The van der Waals surface area contributed by atoms with E-state index < -0.39 is 0 Å². The highest BCUT2D eigenvalue weighted by Crippen LogP contribution is 1.64. The minimum absolute atomic E-state index is 0.904. The van der Waals surface area contributed by atoms with Crippen molar-refractivity contribution < 1.29 is 0 Å². The van der Waals surface area contributed by atoms with E-state index in [9.17, 15) is 0 Å². The van der Waals surface area contributed by atoms with Crippen LogP contribution in [0.4, 0.5) is 0 Å². The minimum atomic E-state index is 0.904.